The van der Waals surface area contributed by atoms with Gasteiger partial charge in [-0.15, -0.1) is 11.3 Å². The molecule has 0 unspecified atom stereocenters. The third-order valence-electron chi connectivity index (χ3n) is 4.87. The minimum atomic E-state index is 0.00654. The highest BCUT2D eigenvalue weighted by Crippen LogP contribution is 2.43. The molecule has 4 nitrogen and oxygen atoms in total. The number of pyridine rings is 1. The van der Waals surface area contributed by atoms with Crippen LogP contribution in [0.2, 0.25) is 0 Å². The zero-order valence-electron chi connectivity index (χ0n) is 13.0. The van der Waals surface area contributed by atoms with E-state index in [2.05, 4.69) is 27.4 Å². The van der Waals surface area contributed by atoms with Gasteiger partial charge in [-0.3, -0.25) is 9.78 Å². The number of carbonyl (C=O) groups excluding carboxylic acids is 1. The Labute approximate surface area is 139 Å². The zero-order chi connectivity index (χ0) is 15.8. The van der Waals surface area contributed by atoms with Crippen LogP contribution in [0.5, 0.6) is 0 Å². The molecule has 2 aromatic heterocycles. The van der Waals surface area contributed by atoms with E-state index < -0.39 is 0 Å². The van der Waals surface area contributed by atoms with Gasteiger partial charge in [0, 0.05) is 24.5 Å². The molecule has 5 heteroatoms. The molecular formula is C18H19N3OS. The summed E-state index contributed by atoms with van der Waals surface area (Å²) in [5.41, 5.74) is 1.80. The lowest BCUT2D eigenvalue weighted by Gasteiger charge is -2.18. The Balaban J connectivity index is 1.44. The number of hydrogen-bond acceptors (Lipinski definition) is 4. The number of rotatable bonds is 4. The van der Waals surface area contributed by atoms with Gasteiger partial charge >= 0.3 is 0 Å². The van der Waals surface area contributed by atoms with Gasteiger partial charge in [-0.1, -0.05) is 12.2 Å². The second-order valence-electron chi connectivity index (χ2n) is 6.42. The molecule has 3 atom stereocenters. The maximum atomic E-state index is 12.5. The first-order chi connectivity index (χ1) is 11.2. The third kappa shape index (κ3) is 2.81. The van der Waals surface area contributed by atoms with Crippen molar-refractivity contribution in [3.8, 4) is 10.6 Å². The van der Waals surface area contributed by atoms with Crippen molar-refractivity contribution in [1.29, 1.82) is 0 Å². The largest absolute Gasteiger partial charge is 0.351 e. The minimum absolute atomic E-state index is 0.00654. The summed E-state index contributed by atoms with van der Waals surface area (Å²) < 4.78 is 0. The van der Waals surface area contributed by atoms with Crippen LogP contribution in [0.25, 0.3) is 10.6 Å². The summed E-state index contributed by atoms with van der Waals surface area (Å²) >= 11 is 1.45. The van der Waals surface area contributed by atoms with E-state index in [1.807, 2.05) is 19.1 Å². The number of aryl methyl sites for hydroxylation is 1. The number of carbonyl (C=O) groups is 1. The maximum Gasteiger partial charge on any atom is 0.263 e. The fourth-order valence-corrected chi connectivity index (χ4v) is 4.65. The van der Waals surface area contributed by atoms with Crippen LogP contribution in [0.3, 0.4) is 0 Å². The van der Waals surface area contributed by atoms with E-state index in [1.165, 1.54) is 24.2 Å². The minimum Gasteiger partial charge on any atom is -0.351 e. The molecule has 4 rings (SSSR count). The molecule has 2 aliphatic rings. The first-order valence-corrected chi connectivity index (χ1v) is 8.86. The smallest absolute Gasteiger partial charge is 0.263 e. The summed E-state index contributed by atoms with van der Waals surface area (Å²) in [6, 6.07) is 3.84. The van der Waals surface area contributed by atoms with Gasteiger partial charge in [0.1, 0.15) is 9.88 Å². The fourth-order valence-electron chi connectivity index (χ4n) is 3.66. The van der Waals surface area contributed by atoms with Gasteiger partial charge < -0.3 is 5.32 Å². The Kier molecular flexibility index (Phi) is 3.73. The number of amides is 1. The number of thiazole rings is 1. The highest BCUT2D eigenvalue weighted by atomic mass is 32.1. The van der Waals surface area contributed by atoms with Crippen LogP contribution in [0.4, 0.5) is 0 Å². The summed E-state index contributed by atoms with van der Waals surface area (Å²) in [6.45, 7) is 2.67. The molecule has 2 bridgehead atoms. The summed E-state index contributed by atoms with van der Waals surface area (Å²) in [4.78, 5) is 21.8. The summed E-state index contributed by atoms with van der Waals surface area (Å²) in [5.74, 6) is 2.01. The number of hydrogen-bond donors (Lipinski definition) is 1. The molecule has 2 heterocycles. The van der Waals surface area contributed by atoms with E-state index in [9.17, 15) is 4.79 Å². The van der Waals surface area contributed by atoms with Crippen LogP contribution in [0, 0.1) is 24.7 Å². The van der Waals surface area contributed by atoms with Crippen LogP contribution >= 0.6 is 11.3 Å². The molecule has 2 aromatic rings. The van der Waals surface area contributed by atoms with E-state index in [0.717, 1.165) is 33.6 Å². The topological polar surface area (TPSA) is 54.9 Å². The Morgan fingerprint density at radius 1 is 1.30 bits per heavy atom. The maximum absolute atomic E-state index is 12.5. The highest BCUT2D eigenvalue weighted by molar-refractivity contribution is 7.17. The molecule has 0 radical (unpaired) electrons. The quantitative estimate of drug-likeness (QED) is 0.876. The number of fused-ring (bicyclic) bond motifs is 2. The predicted molar refractivity (Wildman–Crippen MR) is 91.3 cm³/mol. The SMILES string of the molecule is Cc1nc(-c2ccncc2)sc1C(=O)NC[C@H]1C[C@@H]2C=C[C@H]1C2. The molecule has 1 amide bonds. The van der Waals surface area contributed by atoms with Crippen molar-refractivity contribution >= 4 is 17.2 Å². The van der Waals surface area contributed by atoms with Gasteiger partial charge in [0.05, 0.1) is 5.69 Å². The van der Waals surface area contributed by atoms with Crippen molar-refractivity contribution in [3.63, 3.8) is 0 Å². The molecular weight excluding hydrogens is 306 g/mol. The fraction of sp³-hybridized carbons (Fsp3) is 0.389. The van der Waals surface area contributed by atoms with Gasteiger partial charge in [0.15, 0.2) is 0 Å². The summed E-state index contributed by atoms with van der Waals surface area (Å²) in [6.07, 6.45) is 10.6. The number of nitrogens with one attached hydrogen (secondary N) is 1. The third-order valence-corrected chi connectivity index (χ3v) is 6.08. The number of allylic oxidation sites excluding steroid dienone is 2. The predicted octanol–water partition coefficient (Wildman–Crippen LogP) is 3.46. The van der Waals surface area contributed by atoms with E-state index >= 15 is 0 Å². The van der Waals surface area contributed by atoms with Crippen LogP contribution < -0.4 is 5.32 Å². The van der Waals surface area contributed by atoms with E-state index in [-0.39, 0.29) is 5.91 Å². The number of aromatic nitrogens is 2. The lowest BCUT2D eigenvalue weighted by atomic mass is 9.93. The van der Waals surface area contributed by atoms with E-state index in [4.69, 9.17) is 0 Å². The van der Waals surface area contributed by atoms with Gasteiger partial charge in [-0.2, -0.15) is 0 Å². The molecule has 23 heavy (non-hydrogen) atoms. The standard InChI is InChI=1S/C18H19N3OS/c1-11-16(23-18(21-11)13-4-6-19-7-5-13)17(22)20-10-15-9-12-2-3-14(15)8-12/h2-7,12,14-15H,8-10H2,1H3,(H,20,22)/t12-,14+,15-/m1/s1. The molecule has 118 valence electrons. The van der Waals surface area contributed by atoms with Gasteiger partial charge in [-0.25, -0.2) is 4.98 Å². The zero-order valence-corrected chi connectivity index (χ0v) is 13.8. The Morgan fingerprint density at radius 2 is 2.13 bits per heavy atom. The molecule has 0 aliphatic heterocycles. The van der Waals surface area contributed by atoms with Gasteiger partial charge in [-0.05, 0) is 49.7 Å². The van der Waals surface area contributed by atoms with E-state index in [0.29, 0.717) is 11.8 Å². The molecule has 0 spiro atoms. The van der Waals surface area contributed by atoms with Gasteiger partial charge in [0.2, 0.25) is 0 Å². The average Bonchev–Trinajstić information content (AvgIpc) is 3.28. The van der Waals surface area contributed by atoms with Crippen LogP contribution in [0.15, 0.2) is 36.7 Å². The van der Waals surface area contributed by atoms with Crippen molar-refractivity contribution in [2.24, 2.45) is 17.8 Å². The van der Waals surface area contributed by atoms with Crippen molar-refractivity contribution in [1.82, 2.24) is 15.3 Å². The van der Waals surface area contributed by atoms with Crippen molar-refractivity contribution < 1.29 is 4.79 Å². The highest BCUT2D eigenvalue weighted by Gasteiger charge is 2.35. The van der Waals surface area contributed by atoms with E-state index in [1.54, 1.807) is 12.4 Å². The van der Waals surface area contributed by atoms with Crippen LogP contribution in [0.1, 0.15) is 28.2 Å². The average molecular weight is 325 g/mol. The summed E-state index contributed by atoms with van der Waals surface area (Å²) in [7, 11) is 0. The molecule has 1 fully saturated rings. The molecule has 0 saturated heterocycles. The summed E-state index contributed by atoms with van der Waals surface area (Å²) in [5, 5.41) is 3.99. The normalized spacial score (nSPS) is 25.0. The first kappa shape index (κ1) is 14.6. The molecule has 1 saturated carbocycles. The van der Waals surface area contributed by atoms with Crippen molar-refractivity contribution in [2.75, 3.05) is 6.54 Å². The molecule has 2 aliphatic carbocycles. The lowest BCUT2D eigenvalue weighted by Crippen LogP contribution is -2.30. The molecule has 1 N–H and O–H groups in total. The second-order valence-corrected chi connectivity index (χ2v) is 7.42. The Hall–Kier alpha value is -2.01. The van der Waals surface area contributed by atoms with Crippen molar-refractivity contribution in [2.45, 2.75) is 19.8 Å². The second kappa shape index (κ2) is 5.89. The monoisotopic (exact) mass is 325 g/mol. The Morgan fingerprint density at radius 3 is 2.83 bits per heavy atom. The number of nitrogens with zero attached hydrogens (tertiary/aromatic N) is 2. The van der Waals surface area contributed by atoms with Crippen LogP contribution in [-0.2, 0) is 0 Å². The Bertz CT molecular complexity index is 753. The van der Waals surface area contributed by atoms with Crippen LogP contribution in [-0.4, -0.2) is 22.4 Å². The first-order valence-electron chi connectivity index (χ1n) is 8.05. The lowest BCUT2D eigenvalue weighted by molar-refractivity contribution is 0.0948. The van der Waals surface area contributed by atoms with Crippen molar-refractivity contribution in [3.05, 3.63) is 47.2 Å². The van der Waals surface area contributed by atoms with Gasteiger partial charge in [0.25, 0.3) is 5.91 Å². The molecule has 0 aromatic carbocycles.